The highest BCUT2D eigenvalue weighted by Crippen LogP contribution is 2.41. The van der Waals surface area contributed by atoms with Crippen molar-refractivity contribution >= 4 is 11.0 Å². The zero-order valence-corrected chi connectivity index (χ0v) is 15.5. The molecule has 1 aromatic heterocycles. The summed E-state index contributed by atoms with van der Waals surface area (Å²) in [5.74, 6) is -1.53. The number of quaternary nitrogens is 1. The first-order chi connectivity index (χ1) is 13.1. The number of aromatic hydroxyl groups is 1. The Hall–Kier alpha value is -3.00. The lowest BCUT2D eigenvalue weighted by Crippen LogP contribution is -3.04. The molecule has 28 heavy (non-hydrogen) atoms. The van der Waals surface area contributed by atoms with Gasteiger partial charge in [-0.1, -0.05) is 18.2 Å². The van der Waals surface area contributed by atoms with E-state index in [1.165, 1.54) is 37.4 Å². The zero-order chi connectivity index (χ0) is 20.6. The minimum Gasteiger partial charge on any atom is -0.507 e. The number of alkyl halides is 3. The van der Waals surface area contributed by atoms with Crippen molar-refractivity contribution in [2.45, 2.75) is 12.7 Å². The Balaban J connectivity index is 2.48. The fourth-order valence-electron chi connectivity index (χ4n) is 3.12. The van der Waals surface area contributed by atoms with Crippen LogP contribution in [0.1, 0.15) is 11.3 Å². The second-order valence-electron chi connectivity index (χ2n) is 6.66. The molecule has 0 amide bonds. The number of halogens is 3. The van der Waals surface area contributed by atoms with Gasteiger partial charge in [0.05, 0.1) is 37.7 Å². The van der Waals surface area contributed by atoms with Crippen LogP contribution in [0.3, 0.4) is 0 Å². The van der Waals surface area contributed by atoms with Crippen molar-refractivity contribution in [3.05, 3.63) is 57.9 Å². The van der Waals surface area contributed by atoms with Crippen LogP contribution in [0.2, 0.25) is 0 Å². The number of benzene rings is 2. The normalized spacial score (nSPS) is 12.0. The highest BCUT2D eigenvalue weighted by atomic mass is 19.4. The summed E-state index contributed by atoms with van der Waals surface area (Å²) in [4.78, 5) is 14.0. The fraction of sp³-hybridized carbons (Fsp3) is 0.250. The minimum absolute atomic E-state index is 0.0131. The number of nitrogens with one attached hydrogen (secondary N) is 1. The highest BCUT2D eigenvalue weighted by Gasteiger charge is 2.40. The number of hydrogen-bond donors (Lipinski definition) is 2. The van der Waals surface area contributed by atoms with Crippen LogP contribution in [-0.4, -0.2) is 26.3 Å². The third-order valence-corrected chi connectivity index (χ3v) is 4.30. The molecule has 0 aliphatic carbocycles. The quantitative estimate of drug-likeness (QED) is 0.714. The highest BCUT2D eigenvalue weighted by molar-refractivity contribution is 5.87. The molecule has 0 radical (unpaired) electrons. The van der Waals surface area contributed by atoms with Crippen molar-refractivity contribution in [2.75, 3.05) is 21.2 Å². The van der Waals surface area contributed by atoms with E-state index in [4.69, 9.17) is 9.15 Å². The lowest BCUT2D eigenvalue weighted by Gasteiger charge is -2.17. The fourth-order valence-corrected chi connectivity index (χ4v) is 3.12. The molecule has 0 aliphatic heterocycles. The van der Waals surface area contributed by atoms with Crippen LogP contribution in [0.5, 0.6) is 11.5 Å². The van der Waals surface area contributed by atoms with Crippen LogP contribution >= 0.6 is 0 Å². The average Bonchev–Trinajstić information content (AvgIpc) is 2.63. The van der Waals surface area contributed by atoms with Gasteiger partial charge in [-0.3, -0.25) is 4.79 Å². The third kappa shape index (κ3) is 3.43. The van der Waals surface area contributed by atoms with E-state index in [0.29, 0.717) is 0 Å². The summed E-state index contributed by atoms with van der Waals surface area (Å²) in [5.41, 5.74) is -1.59. The van der Waals surface area contributed by atoms with Gasteiger partial charge in [0, 0.05) is 5.56 Å². The maximum absolute atomic E-state index is 13.8. The topological polar surface area (TPSA) is 64.1 Å². The van der Waals surface area contributed by atoms with Crippen LogP contribution < -0.4 is 15.1 Å². The molecule has 8 heteroatoms. The Morgan fingerprint density at radius 1 is 1.14 bits per heavy atom. The third-order valence-electron chi connectivity index (χ3n) is 4.30. The van der Waals surface area contributed by atoms with E-state index in [1.54, 1.807) is 20.2 Å². The first-order valence-electron chi connectivity index (χ1n) is 8.46. The van der Waals surface area contributed by atoms with E-state index in [1.807, 2.05) is 0 Å². The SMILES string of the molecule is COc1ccccc1-c1c(C(F)(F)F)oc2c(C[NH+](C)C)c(O)ccc2c1=O. The van der Waals surface area contributed by atoms with Crippen LogP contribution in [0.4, 0.5) is 13.2 Å². The predicted octanol–water partition coefficient (Wildman–Crippen LogP) is 2.84. The first kappa shape index (κ1) is 19.8. The molecule has 2 aromatic carbocycles. The van der Waals surface area contributed by atoms with Crippen molar-refractivity contribution in [3.8, 4) is 22.6 Å². The van der Waals surface area contributed by atoms with Gasteiger partial charge in [-0.2, -0.15) is 13.2 Å². The molecular formula is C20H19F3NO4+. The lowest BCUT2D eigenvalue weighted by molar-refractivity contribution is -0.872. The van der Waals surface area contributed by atoms with E-state index in [0.717, 1.165) is 4.90 Å². The summed E-state index contributed by atoms with van der Waals surface area (Å²) in [7, 11) is 4.85. The van der Waals surface area contributed by atoms with E-state index in [9.17, 15) is 23.1 Å². The van der Waals surface area contributed by atoms with E-state index in [-0.39, 0.29) is 40.1 Å². The molecule has 0 unspecified atom stereocenters. The molecule has 2 N–H and O–H groups in total. The number of fused-ring (bicyclic) bond motifs is 1. The molecule has 3 aromatic rings. The second kappa shape index (κ2) is 7.20. The standard InChI is InChI=1S/C20H18F3NO4/c1-24(2)10-13-14(25)9-8-12-17(26)16(11-6-4-5-7-15(11)27-3)19(20(21,22)23)28-18(12)13/h4-9,25H,10H2,1-3H3/p+1. The number of methoxy groups -OCH3 is 1. The Bertz CT molecular complexity index is 1090. The molecule has 1 heterocycles. The van der Waals surface area contributed by atoms with E-state index < -0.39 is 22.9 Å². The van der Waals surface area contributed by atoms with Gasteiger partial charge in [-0.25, -0.2) is 0 Å². The van der Waals surface area contributed by atoms with Crippen molar-refractivity contribution < 1.29 is 32.3 Å². The van der Waals surface area contributed by atoms with Crippen molar-refractivity contribution in [2.24, 2.45) is 0 Å². The molecule has 0 saturated heterocycles. The van der Waals surface area contributed by atoms with Crippen LogP contribution in [0.25, 0.3) is 22.1 Å². The summed E-state index contributed by atoms with van der Waals surface area (Å²) in [6, 6.07) is 8.50. The van der Waals surface area contributed by atoms with Gasteiger partial charge in [0.15, 0.2) is 5.58 Å². The molecule has 0 atom stereocenters. The molecule has 0 fully saturated rings. The molecule has 5 nitrogen and oxygen atoms in total. The van der Waals surface area contributed by atoms with Crippen molar-refractivity contribution in [1.29, 1.82) is 0 Å². The predicted molar refractivity (Wildman–Crippen MR) is 97.7 cm³/mol. The van der Waals surface area contributed by atoms with Crippen molar-refractivity contribution in [3.63, 3.8) is 0 Å². The molecule has 148 valence electrons. The van der Waals surface area contributed by atoms with E-state index >= 15 is 0 Å². The summed E-state index contributed by atoms with van der Waals surface area (Å²) in [5, 5.41) is 10.1. The minimum atomic E-state index is -4.92. The monoisotopic (exact) mass is 394 g/mol. The van der Waals surface area contributed by atoms with Gasteiger partial charge < -0.3 is 19.2 Å². The zero-order valence-electron chi connectivity index (χ0n) is 15.5. The van der Waals surface area contributed by atoms with Gasteiger partial charge in [-0.15, -0.1) is 0 Å². The van der Waals surface area contributed by atoms with Crippen molar-refractivity contribution in [1.82, 2.24) is 0 Å². The van der Waals surface area contributed by atoms with Gasteiger partial charge >= 0.3 is 6.18 Å². The van der Waals surface area contributed by atoms with Crippen LogP contribution in [-0.2, 0) is 12.7 Å². The first-order valence-corrected chi connectivity index (χ1v) is 8.46. The number of ether oxygens (including phenoxy) is 1. The average molecular weight is 394 g/mol. The molecule has 0 aliphatic rings. The maximum Gasteiger partial charge on any atom is 0.450 e. The van der Waals surface area contributed by atoms with E-state index in [2.05, 4.69) is 0 Å². The second-order valence-corrected chi connectivity index (χ2v) is 6.66. The van der Waals surface area contributed by atoms with Crippen LogP contribution in [0, 0.1) is 0 Å². The Morgan fingerprint density at radius 3 is 2.43 bits per heavy atom. The van der Waals surface area contributed by atoms with Gasteiger partial charge in [0.2, 0.25) is 11.2 Å². The van der Waals surface area contributed by atoms with Gasteiger partial charge in [-0.05, 0) is 18.2 Å². The molecular weight excluding hydrogens is 375 g/mol. The number of rotatable bonds is 4. The molecule has 0 spiro atoms. The smallest absolute Gasteiger partial charge is 0.450 e. The lowest BCUT2D eigenvalue weighted by atomic mass is 9.99. The Morgan fingerprint density at radius 2 is 1.82 bits per heavy atom. The van der Waals surface area contributed by atoms with Crippen LogP contribution in [0.15, 0.2) is 45.6 Å². The largest absolute Gasteiger partial charge is 0.507 e. The molecule has 0 saturated carbocycles. The number of hydrogen-bond acceptors (Lipinski definition) is 4. The van der Waals surface area contributed by atoms with Gasteiger partial charge in [0.1, 0.15) is 18.0 Å². The summed E-state index contributed by atoms with van der Waals surface area (Å²) >= 11 is 0. The number of para-hydroxylation sites is 1. The Kier molecular flexibility index (Phi) is 5.08. The Labute approximate surface area is 158 Å². The number of phenols is 1. The molecule has 3 rings (SSSR count). The summed E-state index contributed by atoms with van der Waals surface area (Å²) < 4.78 is 51.9. The maximum atomic E-state index is 13.8. The summed E-state index contributed by atoms with van der Waals surface area (Å²) in [6.45, 7) is 0.178. The summed E-state index contributed by atoms with van der Waals surface area (Å²) in [6.07, 6.45) is -4.92. The number of phenolic OH excluding ortho intramolecular Hbond substituents is 1. The van der Waals surface area contributed by atoms with Gasteiger partial charge in [0.25, 0.3) is 0 Å². The molecule has 0 bridgehead atoms.